The molecule has 0 atom stereocenters. The molecule has 12 aromatic carbocycles. The Morgan fingerprint density at radius 3 is 0.765 bits per heavy atom. The second-order valence-corrected chi connectivity index (χ2v) is 36.1. The van der Waals surface area contributed by atoms with Crippen molar-refractivity contribution in [2.75, 3.05) is 0 Å². The lowest BCUT2D eigenvalue weighted by Crippen LogP contribution is -2.63. The summed E-state index contributed by atoms with van der Waals surface area (Å²) in [6.07, 6.45) is -19.0. The van der Waals surface area contributed by atoms with Gasteiger partial charge in [-0.1, -0.05) is 291 Å². The number of halogens is 21. The van der Waals surface area contributed by atoms with E-state index in [9.17, 15) is 114 Å². The van der Waals surface area contributed by atoms with Gasteiger partial charge in [0.15, 0.2) is 21.4 Å². The SMILES string of the molecule is FC(F)C(F)(F)C(F)(F)C(F)(F)F.O=P(c1ccccc1)(c1ccccc1)c1ccc(-c2ccc(O)cc2)cc1.O=P(c1ccccc1)(c1ccccc1)c1ccc(-c2ccc(OS(=O)(=O)C(F)(F)C(F)(F)C(F)(F)C(F)(F)F)cc2)cc1.O=P(c1ccccc1)(c1ccccc1)c1ccc(Br)cc1.O=S(=O)(F)F.OB(O)c1ccc(O)cc1. The minimum atomic E-state index is -7.41. The molecular formula is C80H59BBrF20O12P3S2. The Hall–Kier alpha value is -10.3. The molecule has 0 aromatic heterocycles. The second-order valence-electron chi connectivity index (χ2n) is 24.5. The van der Waals surface area contributed by atoms with Crippen LogP contribution < -0.4 is 57.4 Å². The zero-order chi connectivity index (χ0) is 88.4. The van der Waals surface area contributed by atoms with Crippen LogP contribution in [0.4, 0.5) is 86.8 Å². The van der Waals surface area contributed by atoms with Crippen molar-refractivity contribution in [1.29, 1.82) is 0 Å². The van der Waals surface area contributed by atoms with Gasteiger partial charge in [0.2, 0.25) is 0 Å². The monoisotopic (exact) mass is 1840 g/mol. The van der Waals surface area contributed by atoms with Gasteiger partial charge >= 0.3 is 75.6 Å². The van der Waals surface area contributed by atoms with E-state index in [1.54, 1.807) is 97.1 Å². The average Bonchev–Trinajstić information content (AvgIpc) is 0.720. The van der Waals surface area contributed by atoms with Crippen LogP contribution in [-0.2, 0) is 34.4 Å². The van der Waals surface area contributed by atoms with Crippen molar-refractivity contribution >= 4 is 118 Å². The molecule has 0 bridgehead atoms. The van der Waals surface area contributed by atoms with Crippen LogP contribution in [0, 0.1) is 0 Å². The molecule has 0 saturated carbocycles. The van der Waals surface area contributed by atoms with E-state index in [0.717, 1.165) is 59.6 Å². The van der Waals surface area contributed by atoms with Crippen molar-refractivity contribution in [3.63, 3.8) is 0 Å². The number of hydrogen-bond acceptors (Lipinski definition) is 12. The fourth-order valence-electron chi connectivity index (χ4n) is 10.6. The summed E-state index contributed by atoms with van der Waals surface area (Å²) in [7, 11) is -23.3. The van der Waals surface area contributed by atoms with Gasteiger partial charge in [-0.3, -0.25) is 0 Å². The maximum absolute atomic E-state index is 14.4. The molecule has 0 saturated heterocycles. The predicted octanol–water partition coefficient (Wildman–Crippen LogP) is 18.2. The fourth-order valence-corrected chi connectivity index (χ4v) is 19.7. The normalized spacial score (nSPS) is 12.4. The van der Waals surface area contributed by atoms with Crippen molar-refractivity contribution in [2.24, 2.45) is 0 Å². The van der Waals surface area contributed by atoms with Crippen LogP contribution in [0.3, 0.4) is 0 Å². The number of phenolic OH excluding ortho intramolecular Hbond substituents is 2. The maximum Gasteiger partial charge on any atom is 0.488 e. The summed E-state index contributed by atoms with van der Waals surface area (Å²) in [5.41, 5.74) is 3.14. The highest BCUT2D eigenvalue weighted by molar-refractivity contribution is 9.10. The number of rotatable bonds is 19. The van der Waals surface area contributed by atoms with Crippen LogP contribution in [-0.4, -0.2) is 91.9 Å². The van der Waals surface area contributed by atoms with Gasteiger partial charge in [-0.05, 0) is 88.4 Å². The highest BCUT2D eigenvalue weighted by atomic mass is 79.9. The van der Waals surface area contributed by atoms with E-state index in [2.05, 4.69) is 20.1 Å². The molecule has 12 nitrogen and oxygen atoms in total. The van der Waals surface area contributed by atoms with E-state index < -0.39 is 103 Å². The minimum Gasteiger partial charge on any atom is -0.508 e. The summed E-state index contributed by atoms with van der Waals surface area (Å²) in [4.78, 5) is 0. The summed E-state index contributed by atoms with van der Waals surface area (Å²) in [5, 5.41) is 35.1. The van der Waals surface area contributed by atoms with Gasteiger partial charge in [0, 0.05) is 52.2 Å². The van der Waals surface area contributed by atoms with Crippen LogP contribution in [0.2, 0.25) is 0 Å². The fraction of sp³-hybridized carbons (Fsp3) is 0.100. The van der Waals surface area contributed by atoms with Gasteiger partial charge in [0.25, 0.3) is 0 Å². The largest absolute Gasteiger partial charge is 0.508 e. The number of hydrogen-bond donors (Lipinski definition) is 4. The Kier molecular flexibility index (Phi) is 31.6. The quantitative estimate of drug-likeness (QED) is 0.0196. The van der Waals surface area contributed by atoms with Crippen LogP contribution >= 0.6 is 37.4 Å². The first kappa shape index (κ1) is 95.8. The third kappa shape index (κ3) is 23.0. The number of benzene rings is 12. The lowest BCUT2D eigenvalue weighted by molar-refractivity contribution is -0.382. The highest BCUT2D eigenvalue weighted by Gasteiger charge is 2.86. The van der Waals surface area contributed by atoms with Crippen LogP contribution in [0.5, 0.6) is 17.2 Å². The van der Waals surface area contributed by atoms with Crippen LogP contribution in [0.25, 0.3) is 22.3 Å². The Labute approximate surface area is 675 Å². The van der Waals surface area contributed by atoms with Crippen LogP contribution in [0.1, 0.15) is 0 Å². The zero-order valence-corrected chi connectivity index (χ0v) is 65.9. The molecule has 0 aliphatic rings. The molecule has 4 N–H and O–H groups in total. The van der Waals surface area contributed by atoms with Crippen molar-refractivity contribution in [2.45, 2.75) is 47.7 Å². The smallest absolute Gasteiger partial charge is 0.488 e. The molecule has 0 spiro atoms. The lowest BCUT2D eigenvalue weighted by atomic mass is 9.80. The molecule has 0 aliphatic heterocycles. The Bertz CT molecular complexity index is 5510. The highest BCUT2D eigenvalue weighted by Crippen LogP contribution is 2.56. The summed E-state index contributed by atoms with van der Waals surface area (Å²) >= 11 is 3.43. The molecule has 39 heteroatoms. The molecule has 0 radical (unpaired) electrons. The van der Waals surface area contributed by atoms with Gasteiger partial charge in [0.1, 0.15) is 17.2 Å². The number of alkyl halides is 18. The first-order chi connectivity index (χ1) is 55.4. The van der Waals surface area contributed by atoms with Gasteiger partial charge < -0.3 is 38.1 Å². The first-order valence-electron chi connectivity index (χ1n) is 33.4. The minimum absolute atomic E-state index is 0.115. The topological polar surface area (TPSA) is 210 Å². The first-order valence-corrected chi connectivity index (χ1v) is 42.0. The predicted molar refractivity (Wildman–Crippen MR) is 419 cm³/mol. The van der Waals surface area contributed by atoms with Crippen molar-refractivity contribution in [3.05, 3.63) is 332 Å². The van der Waals surface area contributed by atoms with E-state index in [0.29, 0.717) is 44.6 Å². The Morgan fingerprint density at radius 1 is 0.319 bits per heavy atom. The summed E-state index contributed by atoms with van der Waals surface area (Å²) in [5.74, 6) is -28.7. The van der Waals surface area contributed by atoms with Crippen molar-refractivity contribution in [1.82, 2.24) is 0 Å². The molecule has 12 aromatic rings. The molecule has 628 valence electrons. The molecule has 0 heterocycles. The van der Waals surface area contributed by atoms with E-state index in [1.807, 2.05) is 182 Å². The summed E-state index contributed by atoms with van der Waals surface area (Å²) < 4.78 is 328. The summed E-state index contributed by atoms with van der Waals surface area (Å²) in [6.45, 7) is 0. The van der Waals surface area contributed by atoms with E-state index in [-0.39, 0.29) is 11.5 Å². The molecule has 0 unspecified atom stereocenters. The Morgan fingerprint density at radius 2 is 0.538 bits per heavy atom. The standard InChI is InChI=1S/C28H18F9O4PS.C24H19O2P.C18H14BrOP.C6H7BO3.C4HF9.F2O2S/c29-25(30,27(33,34)35)26(31,32)28(36,37)43(39,40)41-21-15-11-19(12-16-21)20-13-17-24(18-14-20)42(38,22-7-3-1-4-8-22)23-9-5-2-6-10-23;25-21-15-11-19(12-16-21)20-13-17-24(18-14-20)27(26,22-7-3-1-4-8-22)23-9-5-2-6-10-23;19-15-11-13-18(14-12-15)21(20,16-7-3-1-4-8-16)17-9-5-2-6-10-17;8-6-3-1-5(2-4-6)7(9)10;5-1(6)2(7,8)3(9,10)4(11,12)13;1-5(2,3)4/h1-18H;1-18,25H;1-14H;1-4,8-10H;1H;. The molecule has 0 amide bonds. The van der Waals surface area contributed by atoms with Crippen molar-refractivity contribution in [3.8, 4) is 39.5 Å². The molecule has 0 aliphatic carbocycles. The molecule has 0 fully saturated rings. The Balaban J connectivity index is 0.000000220. The van der Waals surface area contributed by atoms with Crippen LogP contribution in [0.15, 0.2) is 332 Å². The van der Waals surface area contributed by atoms with Crippen molar-refractivity contribution < 1.29 is 142 Å². The molecule has 12 rings (SSSR count). The number of phenols is 2. The summed E-state index contributed by atoms with van der Waals surface area (Å²) in [6, 6.07) is 94.3. The van der Waals surface area contributed by atoms with E-state index in [1.165, 1.54) is 24.3 Å². The molecular weight excluding hydrogens is 1780 g/mol. The van der Waals surface area contributed by atoms with Gasteiger partial charge in [-0.25, -0.2) is 8.78 Å². The zero-order valence-electron chi connectivity index (χ0n) is 60.0. The molecule has 119 heavy (non-hydrogen) atoms. The maximum atomic E-state index is 14.4. The van der Waals surface area contributed by atoms with Gasteiger partial charge in [-0.2, -0.15) is 87.1 Å². The lowest BCUT2D eigenvalue weighted by Gasteiger charge is -2.32. The second kappa shape index (κ2) is 39.3. The van der Waals surface area contributed by atoms with E-state index in [4.69, 9.17) is 23.6 Å². The van der Waals surface area contributed by atoms with Gasteiger partial charge in [-0.15, -0.1) is 0 Å². The number of aromatic hydroxyl groups is 2. The average molecular weight is 1840 g/mol. The third-order valence-electron chi connectivity index (χ3n) is 16.6. The third-order valence-corrected chi connectivity index (χ3v) is 27.7. The van der Waals surface area contributed by atoms with E-state index >= 15 is 0 Å². The van der Waals surface area contributed by atoms with Gasteiger partial charge in [0.05, 0.1) is 0 Å².